The van der Waals surface area contributed by atoms with Crippen molar-refractivity contribution in [1.29, 1.82) is 0 Å². The zero-order valence-corrected chi connectivity index (χ0v) is 20.6. The van der Waals surface area contributed by atoms with Gasteiger partial charge < -0.3 is 20.4 Å². The highest BCUT2D eigenvalue weighted by atomic mass is 16.5. The molecule has 4 nitrogen and oxygen atoms in total. The number of allylic oxidation sites excluding steroid dienone is 5. The van der Waals surface area contributed by atoms with Crippen molar-refractivity contribution >= 4 is 0 Å². The third kappa shape index (κ3) is 4.70. The van der Waals surface area contributed by atoms with Gasteiger partial charge >= 0.3 is 0 Å². The van der Waals surface area contributed by atoms with Crippen molar-refractivity contribution in [3.63, 3.8) is 0 Å². The van der Waals surface area contributed by atoms with E-state index in [0.717, 1.165) is 48.8 Å². The van der Waals surface area contributed by atoms with Gasteiger partial charge in [0.05, 0.1) is 6.10 Å². The number of aliphatic hydroxyl groups is 4. The Labute approximate surface area is 194 Å². The van der Waals surface area contributed by atoms with Crippen molar-refractivity contribution in [2.75, 3.05) is 0 Å². The van der Waals surface area contributed by atoms with Crippen molar-refractivity contribution in [2.45, 2.75) is 91.1 Å². The zero-order chi connectivity index (χ0) is 23.8. The van der Waals surface area contributed by atoms with E-state index >= 15 is 0 Å². The predicted octanol–water partition coefficient (Wildman–Crippen LogP) is 4.90. The van der Waals surface area contributed by atoms with Gasteiger partial charge in [-0.25, -0.2) is 0 Å². The Balaban J connectivity index is 1.93. The Hall–Kier alpha value is -1.20. The SMILES string of the molecule is C=C1CC[C@H](O)C/C1=C\C=C1/CCC[C@]2(C)C1C(O)C(O)(O)[C@H]2[C@H](C)/C=C/[C@H](C)C(C)C. The Morgan fingerprint density at radius 2 is 1.72 bits per heavy atom. The van der Waals surface area contributed by atoms with Crippen LogP contribution in [0.2, 0.25) is 0 Å². The van der Waals surface area contributed by atoms with Crippen LogP contribution in [-0.4, -0.2) is 38.4 Å². The fourth-order valence-corrected chi connectivity index (χ4v) is 6.49. The van der Waals surface area contributed by atoms with Gasteiger partial charge in [-0.1, -0.05) is 76.6 Å². The van der Waals surface area contributed by atoms with E-state index in [1.165, 1.54) is 0 Å². The molecular weight excluding hydrogens is 400 g/mol. The molecule has 3 aliphatic carbocycles. The first-order valence-corrected chi connectivity index (χ1v) is 12.5. The molecule has 0 amide bonds. The number of fused-ring (bicyclic) bond motifs is 1. The van der Waals surface area contributed by atoms with Gasteiger partial charge in [-0.2, -0.15) is 0 Å². The monoisotopic (exact) mass is 444 g/mol. The minimum Gasteiger partial charge on any atom is -0.393 e. The van der Waals surface area contributed by atoms with Crippen LogP contribution in [0, 0.1) is 35.0 Å². The van der Waals surface area contributed by atoms with Gasteiger partial charge in [0.15, 0.2) is 5.79 Å². The molecule has 7 atom stereocenters. The second-order valence-electron chi connectivity index (χ2n) is 11.3. The lowest BCUT2D eigenvalue weighted by Gasteiger charge is -2.44. The van der Waals surface area contributed by atoms with Crippen LogP contribution < -0.4 is 0 Å². The van der Waals surface area contributed by atoms with E-state index < -0.39 is 23.2 Å². The second-order valence-corrected chi connectivity index (χ2v) is 11.3. The first-order valence-electron chi connectivity index (χ1n) is 12.5. The fourth-order valence-electron chi connectivity index (χ4n) is 6.49. The van der Waals surface area contributed by atoms with Gasteiger partial charge in [0.25, 0.3) is 0 Å². The summed E-state index contributed by atoms with van der Waals surface area (Å²) in [7, 11) is 0. The van der Waals surface area contributed by atoms with Gasteiger partial charge in [0.1, 0.15) is 6.10 Å². The lowest BCUT2D eigenvalue weighted by molar-refractivity contribution is -0.247. The van der Waals surface area contributed by atoms with E-state index in [4.69, 9.17) is 0 Å². The van der Waals surface area contributed by atoms with Crippen molar-refractivity contribution in [2.24, 2.45) is 35.0 Å². The van der Waals surface area contributed by atoms with Crippen LogP contribution >= 0.6 is 0 Å². The lowest BCUT2D eigenvalue weighted by atomic mass is 9.60. The third-order valence-corrected chi connectivity index (χ3v) is 8.69. The molecule has 0 radical (unpaired) electrons. The zero-order valence-electron chi connectivity index (χ0n) is 20.6. The molecule has 0 aliphatic heterocycles. The average molecular weight is 445 g/mol. The summed E-state index contributed by atoms with van der Waals surface area (Å²) < 4.78 is 0. The molecule has 32 heavy (non-hydrogen) atoms. The lowest BCUT2D eigenvalue weighted by Crippen LogP contribution is -2.47. The molecule has 0 spiro atoms. The van der Waals surface area contributed by atoms with Crippen LogP contribution in [0.1, 0.15) is 73.1 Å². The standard InChI is InChI=1S/C28H44O4/c1-17(2)18(3)9-10-20(5)25-27(6)15-7-8-21(24(27)26(30)28(25,31)32)12-13-22-16-23(29)14-11-19(22)4/h9-10,12-13,17-18,20,23-26,29-32H,4,7-8,11,14-16H2,1-3,5-6H3/b10-9+,21-12+,22-13+/t18-,20+,23-,24?,25-,26?,27+/m0/s1. The molecule has 3 aliphatic rings. The first-order chi connectivity index (χ1) is 14.9. The van der Waals surface area contributed by atoms with Crippen molar-refractivity contribution < 1.29 is 20.4 Å². The number of hydrogen-bond acceptors (Lipinski definition) is 4. The van der Waals surface area contributed by atoms with E-state index in [0.29, 0.717) is 18.3 Å². The predicted molar refractivity (Wildman–Crippen MR) is 130 cm³/mol. The maximum absolute atomic E-state index is 11.2. The van der Waals surface area contributed by atoms with Gasteiger partial charge in [-0.3, -0.25) is 0 Å². The van der Waals surface area contributed by atoms with E-state index in [9.17, 15) is 20.4 Å². The summed E-state index contributed by atoms with van der Waals surface area (Å²) in [5, 5.41) is 43.5. The third-order valence-electron chi connectivity index (χ3n) is 8.69. The molecule has 0 aromatic heterocycles. The largest absolute Gasteiger partial charge is 0.393 e. The minimum absolute atomic E-state index is 0.0678. The highest BCUT2D eigenvalue weighted by Crippen LogP contribution is 2.62. The molecule has 2 unspecified atom stereocenters. The quantitative estimate of drug-likeness (QED) is 0.359. The highest BCUT2D eigenvalue weighted by molar-refractivity contribution is 5.37. The fraction of sp³-hybridized carbons (Fsp3) is 0.714. The molecule has 0 heterocycles. The Morgan fingerprint density at radius 1 is 1.03 bits per heavy atom. The van der Waals surface area contributed by atoms with E-state index in [1.54, 1.807) is 0 Å². The summed E-state index contributed by atoms with van der Waals surface area (Å²) in [6, 6.07) is 0. The molecule has 0 bridgehead atoms. The van der Waals surface area contributed by atoms with Crippen molar-refractivity contribution in [1.82, 2.24) is 0 Å². The topological polar surface area (TPSA) is 80.9 Å². The second kappa shape index (κ2) is 9.58. The van der Waals surface area contributed by atoms with Crippen LogP contribution in [-0.2, 0) is 0 Å². The van der Waals surface area contributed by atoms with E-state index in [2.05, 4.69) is 52.5 Å². The van der Waals surface area contributed by atoms with Gasteiger partial charge in [0.2, 0.25) is 0 Å². The molecule has 4 heteroatoms. The molecule has 3 saturated carbocycles. The summed E-state index contributed by atoms with van der Waals surface area (Å²) >= 11 is 0. The molecule has 0 saturated heterocycles. The normalized spacial score (nSPS) is 39.8. The van der Waals surface area contributed by atoms with Gasteiger partial charge in [-0.15, -0.1) is 0 Å². The number of hydrogen-bond donors (Lipinski definition) is 4. The summed E-state index contributed by atoms with van der Waals surface area (Å²) in [4.78, 5) is 0. The Kier molecular flexibility index (Phi) is 7.61. The van der Waals surface area contributed by atoms with Crippen LogP contribution in [0.25, 0.3) is 0 Å². The summed E-state index contributed by atoms with van der Waals surface area (Å²) in [6.45, 7) is 14.9. The molecule has 180 valence electrons. The summed E-state index contributed by atoms with van der Waals surface area (Å²) in [5.41, 5.74) is 2.80. The smallest absolute Gasteiger partial charge is 0.194 e. The number of rotatable bonds is 5. The van der Waals surface area contributed by atoms with Crippen LogP contribution in [0.15, 0.2) is 47.6 Å². The molecule has 0 aromatic rings. The molecular formula is C28H44O4. The maximum atomic E-state index is 11.2. The summed E-state index contributed by atoms with van der Waals surface area (Å²) in [5.74, 6) is -2.02. The maximum Gasteiger partial charge on any atom is 0.194 e. The molecule has 3 rings (SSSR count). The van der Waals surface area contributed by atoms with Gasteiger partial charge in [-0.05, 0) is 67.3 Å². The van der Waals surface area contributed by atoms with Crippen LogP contribution in [0.4, 0.5) is 0 Å². The van der Waals surface area contributed by atoms with Crippen molar-refractivity contribution in [3.05, 3.63) is 47.6 Å². The van der Waals surface area contributed by atoms with Crippen LogP contribution in [0.3, 0.4) is 0 Å². The first kappa shape index (κ1) is 25.4. The van der Waals surface area contributed by atoms with Crippen molar-refractivity contribution in [3.8, 4) is 0 Å². The number of aliphatic hydroxyl groups excluding tert-OH is 2. The minimum atomic E-state index is -2.13. The van der Waals surface area contributed by atoms with E-state index in [1.807, 2.05) is 13.0 Å². The highest BCUT2D eigenvalue weighted by Gasteiger charge is 2.66. The Morgan fingerprint density at radius 3 is 2.38 bits per heavy atom. The molecule has 3 fully saturated rings. The Bertz CT molecular complexity index is 789. The summed E-state index contributed by atoms with van der Waals surface area (Å²) in [6.07, 6.45) is 11.7. The molecule has 0 aromatic carbocycles. The van der Waals surface area contributed by atoms with Gasteiger partial charge in [0, 0.05) is 11.8 Å². The van der Waals surface area contributed by atoms with Crippen LogP contribution in [0.5, 0.6) is 0 Å². The molecule has 4 N–H and O–H groups in total. The van der Waals surface area contributed by atoms with E-state index in [-0.39, 0.29) is 17.9 Å². The average Bonchev–Trinajstić information content (AvgIpc) is 2.88.